The van der Waals surface area contributed by atoms with Crippen molar-refractivity contribution >= 4 is 95.1 Å². The number of fused-ring (bicyclic) bond motifs is 1. The van der Waals surface area contributed by atoms with E-state index in [1.807, 2.05) is 58.5 Å². The number of rotatable bonds is 20. The van der Waals surface area contributed by atoms with Crippen LogP contribution in [0, 0.1) is 0 Å². The zero-order valence-electron chi connectivity index (χ0n) is 39.4. The van der Waals surface area contributed by atoms with Crippen molar-refractivity contribution in [1.29, 1.82) is 0 Å². The van der Waals surface area contributed by atoms with E-state index in [1.54, 1.807) is 46.9 Å². The van der Waals surface area contributed by atoms with Gasteiger partial charge in [-0.1, -0.05) is 49.2 Å². The van der Waals surface area contributed by atoms with Gasteiger partial charge >= 0.3 is 0 Å². The second kappa shape index (κ2) is 22.5. The molecule has 16 nitrogen and oxygen atoms in total. The van der Waals surface area contributed by atoms with Crippen LogP contribution in [0.15, 0.2) is 79.0 Å². The average molecular weight is 1040 g/mol. The summed E-state index contributed by atoms with van der Waals surface area (Å²) in [7, 11) is 0. The van der Waals surface area contributed by atoms with E-state index in [1.165, 1.54) is 34.3 Å². The van der Waals surface area contributed by atoms with Gasteiger partial charge in [-0.15, -0.1) is 45.3 Å². The summed E-state index contributed by atoms with van der Waals surface area (Å²) in [6.45, 7) is 6.99. The Bertz CT molecular complexity index is 2820. The molecule has 372 valence electrons. The second-order valence-corrected chi connectivity index (χ2v) is 22.9. The third-order valence-electron chi connectivity index (χ3n) is 13.3. The number of para-hydroxylation sites is 1. The number of nitrogens with zero attached hydrogens (tertiary/aromatic N) is 4. The van der Waals surface area contributed by atoms with Crippen molar-refractivity contribution in [3.8, 4) is 10.4 Å². The van der Waals surface area contributed by atoms with Crippen LogP contribution in [0.2, 0.25) is 0 Å². The molecule has 0 bridgehead atoms. The maximum Gasteiger partial charge on any atom is 0.264 e. The number of likely N-dealkylation sites (tertiary alicyclic amines) is 2. The van der Waals surface area contributed by atoms with Crippen LogP contribution in [-0.2, 0) is 30.4 Å². The monoisotopic (exact) mass is 1040 g/mol. The van der Waals surface area contributed by atoms with Crippen LogP contribution in [0.25, 0.3) is 20.7 Å². The van der Waals surface area contributed by atoms with Gasteiger partial charge in [-0.05, 0) is 73.2 Å². The van der Waals surface area contributed by atoms with E-state index in [0.29, 0.717) is 91.6 Å². The number of amides is 5. The maximum absolute atomic E-state index is 13.3. The van der Waals surface area contributed by atoms with Crippen molar-refractivity contribution in [2.45, 2.75) is 88.1 Å². The van der Waals surface area contributed by atoms with Crippen molar-refractivity contribution in [3.63, 3.8) is 0 Å². The van der Waals surface area contributed by atoms with Gasteiger partial charge in [0.25, 0.3) is 11.8 Å². The second-order valence-electron chi connectivity index (χ2n) is 18.6. The fourth-order valence-electron chi connectivity index (χ4n) is 9.18. The fraction of sp³-hybridized carbons (Fsp3) is 0.431. The number of carbonyl (C=O) groups excluding carboxylic acids is 5. The predicted molar refractivity (Wildman–Crippen MR) is 279 cm³/mol. The summed E-state index contributed by atoms with van der Waals surface area (Å²) in [5, 5.41) is 18.8. The van der Waals surface area contributed by atoms with Gasteiger partial charge in [0, 0.05) is 84.0 Å². The molecule has 0 radical (unpaired) electrons. The molecule has 2 aromatic carbocycles. The number of aromatic nitrogens is 2. The molecule has 4 atom stereocenters. The van der Waals surface area contributed by atoms with Crippen LogP contribution in [0.3, 0.4) is 0 Å². The Morgan fingerprint density at radius 3 is 1.79 bits per heavy atom. The van der Waals surface area contributed by atoms with Gasteiger partial charge in [0.05, 0.1) is 64.1 Å². The number of hydrogen-bond donors (Lipinski definition) is 5. The van der Waals surface area contributed by atoms with Gasteiger partial charge in [-0.2, -0.15) is 0 Å². The van der Waals surface area contributed by atoms with Gasteiger partial charge in [0.2, 0.25) is 17.7 Å². The Hall–Kier alpha value is -5.45. The van der Waals surface area contributed by atoms with Crippen LogP contribution in [-0.4, -0.2) is 126 Å². The highest BCUT2D eigenvalue weighted by Gasteiger charge is 2.37. The molecular weight excluding hydrogens is 979 g/mol. The first kappa shape index (κ1) is 49.1. The van der Waals surface area contributed by atoms with Gasteiger partial charge in [-0.25, -0.2) is 9.97 Å². The molecule has 4 aromatic heterocycles. The maximum atomic E-state index is 13.3. The summed E-state index contributed by atoms with van der Waals surface area (Å²) >= 11 is 5.94. The molecule has 4 aliphatic heterocycles. The molecule has 10 rings (SSSR count). The van der Waals surface area contributed by atoms with Gasteiger partial charge < -0.3 is 45.9 Å². The topological polar surface area (TPSA) is 196 Å². The first-order valence-electron chi connectivity index (χ1n) is 24.3. The molecular formula is C51H57N9O7S4. The molecule has 0 aliphatic carbocycles. The number of nitrogens with one attached hydrogen (secondary N) is 5. The molecule has 71 heavy (non-hydrogen) atoms. The van der Waals surface area contributed by atoms with Crippen molar-refractivity contribution in [1.82, 2.24) is 35.7 Å². The quantitative estimate of drug-likeness (QED) is 0.0482. The van der Waals surface area contributed by atoms with E-state index in [4.69, 9.17) is 14.5 Å². The number of anilines is 2. The Morgan fingerprint density at radius 2 is 1.23 bits per heavy atom. The van der Waals surface area contributed by atoms with Gasteiger partial charge in [-0.3, -0.25) is 24.0 Å². The van der Waals surface area contributed by atoms with Crippen molar-refractivity contribution in [2.75, 3.05) is 63.1 Å². The number of thiophene rings is 2. The standard InChI is InChI=1S/C51H57N9O7S4/c1-30(61)52-22-31-10-12-32(13-11-31)43-25-55-48(71-43)33-26-59(27-33)50(64)41-14-16-44(68-41)57-46(62)38-20-35(23-53-38)66-18-6-2-3-7-19-67-36-21-39(54-24-36)47(63)58-45-17-15-42(69-45)51(65)60-28-34(29-60)49-56-37-8-4-5-9-40(37)70-49/h4-5,8-17,25,33-36,38-39,53-54H,2-3,6-7,18-24,26-29H2,1H3,(H,52,61)(H,57,62)(H,58,63)/t35-,36-,38+,39+/m1/s1. The number of thiazole rings is 2. The zero-order chi connectivity index (χ0) is 48.8. The van der Waals surface area contributed by atoms with Crippen LogP contribution >= 0.6 is 45.3 Å². The molecule has 5 N–H and O–H groups in total. The summed E-state index contributed by atoms with van der Waals surface area (Å²) in [6.07, 6.45) is 6.87. The lowest BCUT2D eigenvalue weighted by atomic mass is 10.0. The lowest BCUT2D eigenvalue weighted by Gasteiger charge is -2.37. The van der Waals surface area contributed by atoms with Gasteiger partial charge in [0.15, 0.2) is 0 Å². The SMILES string of the molecule is CC(=O)NCc1ccc(-c2cnc(C3CN(C(=O)c4ccc(NC(=O)[C@@H]5C[C@@H](OCCCCCCO[C@H]6CN[C@H](C(=O)Nc7ccc(C(=O)N8CC(c9nc%10ccccc%10s9)C8)s7)C6)CN5)s4)C3)s2)cc1. The molecule has 0 saturated carbocycles. The summed E-state index contributed by atoms with van der Waals surface area (Å²) < 4.78 is 13.4. The first-order chi connectivity index (χ1) is 34.6. The highest BCUT2D eigenvalue weighted by molar-refractivity contribution is 7.19. The van der Waals surface area contributed by atoms with Crippen molar-refractivity contribution in [3.05, 3.63) is 104 Å². The molecule has 20 heteroatoms. The minimum Gasteiger partial charge on any atom is -0.377 e. The van der Waals surface area contributed by atoms with Crippen molar-refractivity contribution < 1.29 is 33.4 Å². The number of unbranched alkanes of at least 4 members (excludes halogenated alkanes) is 3. The fourth-order valence-corrected chi connectivity index (χ4v) is 13.0. The van der Waals surface area contributed by atoms with Crippen LogP contribution < -0.4 is 26.6 Å². The molecule has 4 saturated heterocycles. The lowest BCUT2D eigenvalue weighted by molar-refractivity contribution is -0.119. The predicted octanol–water partition coefficient (Wildman–Crippen LogP) is 7.29. The summed E-state index contributed by atoms with van der Waals surface area (Å²) in [5.74, 6) is 0.0845. The third-order valence-corrected chi connectivity index (χ3v) is 17.7. The smallest absolute Gasteiger partial charge is 0.264 e. The highest BCUT2D eigenvalue weighted by Crippen LogP contribution is 2.37. The van der Waals surface area contributed by atoms with Crippen LogP contribution in [0.5, 0.6) is 0 Å². The minimum absolute atomic E-state index is 0.0148. The molecule has 0 unspecified atom stereocenters. The summed E-state index contributed by atoms with van der Waals surface area (Å²) in [4.78, 5) is 79.2. The molecule has 5 amide bonds. The number of hydrogen-bond acceptors (Lipinski definition) is 15. The Balaban J connectivity index is 0.552. The minimum atomic E-state index is -0.365. The molecule has 4 fully saturated rings. The Labute approximate surface area is 427 Å². The van der Waals surface area contributed by atoms with Crippen molar-refractivity contribution in [2.24, 2.45) is 0 Å². The van der Waals surface area contributed by atoms with Crippen LogP contribution in [0.1, 0.15) is 92.2 Å². The summed E-state index contributed by atoms with van der Waals surface area (Å²) in [6, 6.07) is 22.6. The molecule has 0 spiro atoms. The largest absolute Gasteiger partial charge is 0.377 e. The zero-order valence-corrected chi connectivity index (χ0v) is 42.6. The highest BCUT2D eigenvalue weighted by atomic mass is 32.1. The number of ether oxygens (including phenoxy) is 2. The lowest BCUT2D eigenvalue weighted by Crippen LogP contribution is -2.48. The van der Waals surface area contributed by atoms with E-state index in [-0.39, 0.29) is 65.7 Å². The van der Waals surface area contributed by atoms with E-state index in [9.17, 15) is 24.0 Å². The third kappa shape index (κ3) is 12.1. The van der Waals surface area contributed by atoms with E-state index >= 15 is 0 Å². The Morgan fingerprint density at radius 1 is 0.662 bits per heavy atom. The normalized spacial score (nSPS) is 20.2. The van der Waals surface area contributed by atoms with Gasteiger partial charge in [0.1, 0.15) is 5.01 Å². The molecule has 6 aromatic rings. The number of carbonyl (C=O) groups is 5. The molecule has 4 aliphatic rings. The first-order valence-corrected chi connectivity index (χ1v) is 27.6. The number of benzene rings is 2. The summed E-state index contributed by atoms with van der Waals surface area (Å²) in [5.41, 5.74) is 3.11. The van der Waals surface area contributed by atoms with E-state index in [0.717, 1.165) is 57.2 Å². The van der Waals surface area contributed by atoms with E-state index in [2.05, 4.69) is 37.6 Å². The van der Waals surface area contributed by atoms with Crippen LogP contribution in [0.4, 0.5) is 10.0 Å². The Kier molecular flexibility index (Phi) is 15.6. The van der Waals surface area contributed by atoms with E-state index < -0.39 is 0 Å². The molecule has 8 heterocycles. The average Bonchev–Trinajstić information content (AvgIpc) is 4.21.